The molecule has 7 nitrogen and oxygen atoms in total. The number of nitrogens with two attached hydrogens (primary N) is 1. The maximum Gasteiger partial charge on any atom is 0.323 e. The summed E-state index contributed by atoms with van der Waals surface area (Å²) >= 11 is 0. The van der Waals surface area contributed by atoms with Crippen molar-refractivity contribution >= 4 is 17.5 Å². The van der Waals surface area contributed by atoms with Crippen LogP contribution in [0.2, 0.25) is 0 Å². The maximum absolute atomic E-state index is 12.8. The van der Waals surface area contributed by atoms with E-state index >= 15 is 0 Å². The SMILES string of the molecule is COCc1ccc2c(c1)CN(C(=O)Nc1nc(-c3cccnc3)ccc1N)C2. The monoisotopic (exact) mass is 375 g/mol. The number of nitrogens with zero attached hydrogens (tertiary/aromatic N) is 3. The Labute approximate surface area is 163 Å². The predicted octanol–water partition coefficient (Wildman–Crippen LogP) is 3.42. The largest absolute Gasteiger partial charge is 0.396 e. The van der Waals surface area contributed by atoms with Crippen molar-refractivity contribution in [1.29, 1.82) is 0 Å². The third-order valence-corrected chi connectivity index (χ3v) is 4.70. The number of hydrogen-bond donors (Lipinski definition) is 2. The number of hydrogen-bond acceptors (Lipinski definition) is 5. The van der Waals surface area contributed by atoms with Crippen molar-refractivity contribution in [2.45, 2.75) is 19.7 Å². The molecule has 1 aliphatic heterocycles. The lowest BCUT2D eigenvalue weighted by Crippen LogP contribution is -2.30. The molecule has 1 aromatic carbocycles. The van der Waals surface area contributed by atoms with E-state index in [1.807, 2.05) is 30.3 Å². The first kappa shape index (κ1) is 17.9. The molecule has 3 aromatic rings. The lowest BCUT2D eigenvalue weighted by Gasteiger charge is -2.17. The Bertz CT molecular complexity index is 1010. The summed E-state index contributed by atoms with van der Waals surface area (Å²) < 4.78 is 5.18. The molecular formula is C21H21N5O2. The summed E-state index contributed by atoms with van der Waals surface area (Å²) in [4.78, 5) is 23.1. The number of urea groups is 1. The van der Waals surface area contributed by atoms with Gasteiger partial charge in [0.1, 0.15) is 0 Å². The Morgan fingerprint density at radius 2 is 2.07 bits per heavy atom. The fourth-order valence-corrected chi connectivity index (χ4v) is 3.27. The van der Waals surface area contributed by atoms with Crippen molar-refractivity contribution in [3.05, 3.63) is 71.5 Å². The number of rotatable bonds is 4. The van der Waals surface area contributed by atoms with Gasteiger partial charge in [0.15, 0.2) is 5.82 Å². The van der Waals surface area contributed by atoms with Crippen LogP contribution in [0.5, 0.6) is 0 Å². The molecule has 0 fully saturated rings. The molecule has 142 valence electrons. The minimum absolute atomic E-state index is 0.230. The second kappa shape index (κ2) is 7.66. The van der Waals surface area contributed by atoms with Crippen molar-refractivity contribution in [3.8, 4) is 11.3 Å². The number of methoxy groups -OCH3 is 1. The molecule has 3 N–H and O–H groups in total. The Morgan fingerprint density at radius 3 is 2.86 bits per heavy atom. The number of aromatic nitrogens is 2. The molecule has 1 aliphatic rings. The zero-order chi connectivity index (χ0) is 19.5. The molecule has 7 heteroatoms. The average molecular weight is 375 g/mol. The summed E-state index contributed by atoms with van der Waals surface area (Å²) in [5.41, 5.74) is 11.4. The lowest BCUT2D eigenvalue weighted by molar-refractivity contribution is 0.185. The Hall–Kier alpha value is -3.45. The van der Waals surface area contributed by atoms with E-state index in [1.165, 1.54) is 0 Å². The zero-order valence-corrected chi connectivity index (χ0v) is 15.6. The Balaban J connectivity index is 1.50. The second-order valence-corrected chi connectivity index (χ2v) is 6.70. The Morgan fingerprint density at radius 1 is 1.21 bits per heavy atom. The summed E-state index contributed by atoms with van der Waals surface area (Å²) in [5.74, 6) is 0.349. The van der Waals surface area contributed by atoms with E-state index in [0.717, 1.165) is 22.3 Å². The van der Waals surface area contributed by atoms with Gasteiger partial charge in [-0.2, -0.15) is 0 Å². The van der Waals surface area contributed by atoms with Gasteiger partial charge in [-0.1, -0.05) is 18.2 Å². The molecule has 2 amide bonds. The van der Waals surface area contributed by atoms with Crippen LogP contribution in [0, 0.1) is 0 Å². The van der Waals surface area contributed by atoms with Gasteiger partial charge < -0.3 is 15.4 Å². The number of amides is 2. The Kier molecular flexibility index (Phi) is 4.90. The molecule has 2 aromatic heterocycles. The summed E-state index contributed by atoms with van der Waals surface area (Å²) in [6.45, 7) is 1.65. The molecular weight excluding hydrogens is 354 g/mol. The van der Waals surface area contributed by atoms with Gasteiger partial charge >= 0.3 is 6.03 Å². The normalized spacial score (nSPS) is 12.7. The minimum Gasteiger partial charge on any atom is -0.396 e. The highest BCUT2D eigenvalue weighted by atomic mass is 16.5. The van der Waals surface area contributed by atoms with Crippen LogP contribution in [0.3, 0.4) is 0 Å². The van der Waals surface area contributed by atoms with E-state index in [-0.39, 0.29) is 6.03 Å². The molecule has 28 heavy (non-hydrogen) atoms. The van der Waals surface area contributed by atoms with Gasteiger partial charge in [0.2, 0.25) is 0 Å². The number of ether oxygens (including phenoxy) is 1. The standard InChI is InChI=1S/C21H21N5O2/c1-28-13-14-4-5-16-11-26(12-17(16)9-14)21(27)25-20-18(22)6-7-19(24-20)15-3-2-8-23-10-15/h2-10H,11-13,22H2,1H3,(H,24,25,27). The number of nitrogen functional groups attached to an aromatic ring is 1. The van der Waals surface area contributed by atoms with Gasteiger partial charge in [-0.05, 0) is 41.0 Å². The quantitative estimate of drug-likeness (QED) is 0.729. The summed E-state index contributed by atoms with van der Waals surface area (Å²) in [6, 6.07) is 13.2. The topological polar surface area (TPSA) is 93.4 Å². The number of nitrogens with one attached hydrogen (secondary N) is 1. The van der Waals surface area contributed by atoms with E-state index in [9.17, 15) is 4.79 Å². The first-order valence-electron chi connectivity index (χ1n) is 8.96. The van der Waals surface area contributed by atoms with Crippen molar-refractivity contribution < 1.29 is 9.53 Å². The molecule has 0 bridgehead atoms. The first-order valence-corrected chi connectivity index (χ1v) is 8.96. The van der Waals surface area contributed by atoms with Crippen LogP contribution < -0.4 is 11.1 Å². The molecule has 0 atom stereocenters. The van der Waals surface area contributed by atoms with Crippen molar-refractivity contribution in [1.82, 2.24) is 14.9 Å². The number of benzene rings is 1. The van der Waals surface area contributed by atoms with E-state index < -0.39 is 0 Å². The maximum atomic E-state index is 12.8. The van der Waals surface area contributed by atoms with Gasteiger partial charge in [0.05, 0.1) is 18.0 Å². The van der Waals surface area contributed by atoms with Crippen LogP contribution in [0.1, 0.15) is 16.7 Å². The van der Waals surface area contributed by atoms with E-state index in [1.54, 1.807) is 30.5 Å². The van der Waals surface area contributed by atoms with Gasteiger partial charge in [-0.15, -0.1) is 0 Å². The first-order chi connectivity index (χ1) is 13.6. The highest BCUT2D eigenvalue weighted by Crippen LogP contribution is 2.27. The summed E-state index contributed by atoms with van der Waals surface area (Å²) in [7, 11) is 1.67. The van der Waals surface area contributed by atoms with Crippen LogP contribution >= 0.6 is 0 Å². The van der Waals surface area contributed by atoms with Gasteiger partial charge in [0.25, 0.3) is 0 Å². The summed E-state index contributed by atoms with van der Waals surface area (Å²) in [5, 5.41) is 2.84. The lowest BCUT2D eigenvalue weighted by atomic mass is 10.1. The predicted molar refractivity (Wildman–Crippen MR) is 107 cm³/mol. The third kappa shape index (κ3) is 3.65. The molecule has 0 saturated carbocycles. The molecule has 0 saturated heterocycles. The second-order valence-electron chi connectivity index (χ2n) is 6.70. The van der Waals surface area contributed by atoms with Crippen LogP contribution in [-0.4, -0.2) is 28.0 Å². The zero-order valence-electron chi connectivity index (χ0n) is 15.6. The van der Waals surface area contributed by atoms with Gasteiger partial charge in [-0.25, -0.2) is 9.78 Å². The number of anilines is 2. The average Bonchev–Trinajstić information content (AvgIpc) is 3.14. The third-order valence-electron chi connectivity index (χ3n) is 4.70. The highest BCUT2D eigenvalue weighted by molar-refractivity contribution is 5.92. The molecule has 0 radical (unpaired) electrons. The number of carbonyl (C=O) groups is 1. The number of pyridine rings is 2. The van der Waals surface area contributed by atoms with Gasteiger partial charge in [0, 0.05) is 38.2 Å². The molecule has 0 unspecified atom stereocenters. The van der Waals surface area contributed by atoms with Crippen LogP contribution in [0.4, 0.5) is 16.3 Å². The van der Waals surface area contributed by atoms with Gasteiger partial charge in [-0.3, -0.25) is 10.3 Å². The highest BCUT2D eigenvalue weighted by Gasteiger charge is 2.24. The van der Waals surface area contributed by atoms with E-state index in [0.29, 0.717) is 36.9 Å². The number of carbonyl (C=O) groups excluding carboxylic acids is 1. The van der Waals surface area contributed by atoms with Crippen molar-refractivity contribution in [2.24, 2.45) is 0 Å². The molecule has 0 aliphatic carbocycles. The van der Waals surface area contributed by atoms with E-state index in [2.05, 4.69) is 21.4 Å². The van der Waals surface area contributed by atoms with E-state index in [4.69, 9.17) is 10.5 Å². The van der Waals surface area contributed by atoms with Crippen LogP contribution in [-0.2, 0) is 24.4 Å². The number of fused-ring (bicyclic) bond motifs is 1. The van der Waals surface area contributed by atoms with Crippen molar-refractivity contribution in [3.63, 3.8) is 0 Å². The molecule has 3 heterocycles. The summed E-state index contributed by atoms with van der Waals surface area (Å²) in [6.07, 6.45) is 3.42. The van der Waals surface area contributed by atoms with Crippen LogP contribution in [0.15, 0.2) is 54.9 Å². The molecule has 0 spiro atoms. The smallest absolute Gasteiger partial charge is 0.323 e. The minimum atomic E-state index is -0.230. The molecule has 4 rings (SSSR count). The fourth-order valence-electron chi connectivity index (χ4n) is 3.27. The van der Waals surface area contributed by atoms with Crippen LogP contribution in [0.25, 0.3) is 11.3 Å². The van der Waals surface area contributed by atoms with Crippen molar-refractivity contribution in [2.75, 3.05) is 18.2 Å². The fraction of sp³-hybridized carbons (Fsp3) is 0.190.